The average molecular weight is 571 g/mol. The molecule has 13 heteroatoms. The molecule has 31 heavy (non-hydrogen) atoms. The summed E-state index contributed by atoms with van der Waals surface area (Å²) in [6.07, 6.45) is -2.14. The first-order valence-corrected chi connectivity index (χ1v) is 10.3. The molecule has 8 nitrogen and oxygen atoms in total. The molecule has 0 aromatic carbocycles. The standard InChI is InChI=1S/C18H24F3N7OS.HI/c1-3-14-25-17(30-26-14)28-8-6-27(7-9-28)16(22-2)24-11-13-4-5-23-15(10-13)29-12-18(19,20)21;/h4-5,10H,3,6-9,11-12H2,1-2H3,(H,22,24);1H. The Morgan fingerprint density at radius 2 is 2.03 bits per heavy atom. The molecular weight excluding hydrogens is 546 g/mol. The summed E-state index contributed by atoms with van der Waals surface area (Å²) in [5, 5.41) is 4.19. The number of alkyl halides is 3. The zero-order valence-corrected chi connectivity index (χ0v) is 20.4. The maximum Gasteiger partial charge on any atom is 0.422 e. The Bertz CT molecular complexity index is 857. The second-order valence-electron chi connectivity index (χ2n) is 6.63. The fourth-order valence-corrected chi connectivity index (χ4v) is 3.74. The number of rotatable bonds is 6. The minimum absolute atomic E-state index is 0. The lowest BCUT2D eigenvalue weighted by Gasteiger charge is -2.36. The van der Waals surface area contributed by atoms with Crippen molar-refractivity contribution in [2.45, 2.75) is 26.1 Å². The van der Waals surface area contributed by atoms with E-state index in [0.29, 0.717) is 6.54 Å². The van der Waals surface area contributed by atoms with Crippen molar-refractivity contribution in [3.8, 4) is 5.88 Å². The molecule has 1 fully saturated rings. The molecule has 0 aliphatic carbocycles. The largest absolute Gasteiger partial charge is 0.468 e. The molecule has 1 saturated heterocycles. The zero-order valence-electron chi connectivity index (χ0n) is 17.2. The fraction of sp³-hybridized carbons (Fsp3) is 0.556. The number of hydrogen-bond acceptors (Lipinski definition) is 7. The molecule has 3 heterocycles. The van der Waals surface area contributed by atoms with Gasteiger partial charge in [0.2, 0.25) is 11.0 Å². The van der Waals surface area contributed by atoms with Crippen LogP contribution in [0.5, 0.6) is 5.88 Å². The van der Waals surface area contributed by atoms with Crippen LogP contribution in [0.25, 0.3) is 0 Å². The second kappa shape index (κ2) is 11.6. The second-order valence-corrected chi connectivity index (χ2v) is 7.36. The number of piperazine rings is 1. The molecule has 0 spiro atoms. The number of pyridine rings is 1. The van der Waals surface area contributed by atoms with Gasteiger partial charge in [-0.05, 0) is 11.6 Å². The summed E-state index contributed by atoms with van der Waals surface area (Å²) < 4.78 is 46.0. The number of aryl methyl sites for hydroxylation is 1. The van der Waals surface area contributed by atoms with Crippen LogP contribution < -0.4 is 15.0 Å². The molecule has 1 aliphatic rings. The summed E-state index contributed by atoms with van der Waals surface area (Å²) in [4.78, 5) is 17.0. The first kappa shape index (κ1) is 25.4. The van der Waals surface area contributed by atoms with Gasteiger partial charge in [0, 0.05) is 70.0 Å². The van der Waals surface area contributed by atoms with E-state index in [1.54, 1.807) is 13.1 Å². The van der Waals surface area contributed by atoms with Crippen molar-refractivity contribution in [3.05, 3.63) is 29.7 Å². The van der Waals surface area contributed by atoms with Gasteiger partial charge < -0.3 is 19.9 Å². The fourth-order valence-electron chi connectivity index (χ4n) is 2.93. The molecule has 0 bridgehead atoms. The van der Waals surface area contributed by atoms with Crippen LogP contribution in [-0.4, -0.2) is 71.2 Å². The van der Waals surface area contributed by atoms with Crippen LogP contribution in [0.15, 0.2) is 23.3 Å². The number of anilines is 1. The van der Waals surface area contributed by atoms with E-state index in [2.05, 4.69) is 34.5 Å². The Labute approximate surface area is 200 Å². The van der Waals surface area contributed by atoms with E-state index in [9.17, 15) is 13.2 Å². The first-order chi connectivity index (χ1) is 14.4. The average Bonchev–Trinajstić information content (AvgIpc) is 3.22. The number of ether oxygens (including phenoxy) is 1. The molecule has 0 atom stereocenters. The van der Waals surface area contributed by atoms with E-state index in [1.165, 1.54) is 23.8 Å². The first-order valence-electron chi connectivity index (χ1n) is 9.55. The van der Waals surface area contributed by atoms with Crippen molar-refractivity contribution in [2.24, 2.45) is 4.99 Å². The lowest BCUT2D eigenvalue weighted by Crippen LogP contribution is -2.52. The van der Waals surface area contributed by atoms with Gasteiger partial charge in [0.1, 0.15) is 5.82 Å². The maximum absolute atomic E-state index is 12.3. The zero-order chi connectivity index (χ0) is 21.6. The number of aromatic nitrogens is 3. The van der Waals surface area contributed by atoms with Crippen molar-refractivity contribution >= 4 is 46.6 Å². The summed E-state index contributed by atoms with van der Waals surface area (Å²) in [5.41, 5.74) is 0.753. The van der Waals surface area contributed by atoms with Gasteiger partial charge in [-0.2, -0.15) is 17.5 Å². The molecule has 172 valence electrons. The summed E-state index contributed by atoms with van der Waals surface area (Å²) in [5.74, 6) is 1.54. The maximum atomic E-state index is 12.3. The van der Waals surface area contributed by atoms with Gasteiger partial charge in [-0.1, -0.05) is 6.92 Å². The third-order valence-electron chi connectivity index (χ3n) is 4.47. The van der Waals surface area contributed by atoms with Gasteiger partial charge in [-0.15, -0.1) is 24.0 Å². The van der Waals surface area contributed by atoms with Gasteiger partial charge in [-0.3, -0.25) is 4.99 Å². The Balaban J connectivity index is 0.00000341. The van der Waals surface area contributed by atoms with E-state index in [1.807, 2.05) is 6.92 Å². The highest BCUT2D eigenvalue weighted by Crippen LogP contribution is 2.20. The number of guanidine groups is 1. The molecule has 0 radical (unpaired) electrons. The minimum atomic E-state index is -4.40. The van der Waals surface area contributed by atoms with Crippen molar-refractivity contribution in [1.82, 2.24) is 24.6 Å². The Kier molecular flexibility index (Phi) is 9.53. The van der Waals surface area contributed by atoms with Crippen LogP contribution in [0.2, 0.25) is 0 Å². The predicted octanol–water partition coefficient (Wildman–Crippen LogP) is 2.95. The molecule has 0 amide bonds. The Morgan fingerprint density at radius 1 is 1.29 bits per heavy atom. The molecule has 2 aromatic heterocycles. The van der Waals surface area contributed by atoms with Crippen LogP contribution in [0.4, 0.5) is 18.3 Å². The van der Waals surface area contributed by atoms with Crippen LogP contribution in [0.3, 0.4) is 0 Å². The van der Waals surface area contributed by atoms with Crippen LogP contribution in [0, 0.1) is 0 Å². The molecule has 3 rings (SSSR count). The van der Waals surface area contributed by atoms with E-state index in [-0.39, 0.29) is 29.9 Å². The van der Waals surface area contributed by atoms with Gasteiger partial charge in [0.25, 0.3) is 0 Å². The van der Waals surface area contributed by atoms with Gasteiger partial charge >= 0.3 is 6.18 Å². The summed E-state index contributed by atoms with van der Waals surface area (Å²) >= 11 is 1.42. The van der Waals surface area contributed by atoms with Crippen molar-refractivity contribution in [3.63, 3.8) is 0 Å². The number of hydrogen-bond donors (Lipinski definition) is 1. The van der Waals surface area contributed by atoms with E-state index < -0.39 is 12.8 Å². The number of halogens is 4. The van der Waals surface area contributed by atoms with E-state index >= 15 is 0 Å². The molecule has 0 unspecified atom stereocenters. The number of nitrogens with zero attached hydrogens (tertiary/aromatic N) is 6. The van der Waals surface area contributed by atoms with Crippen molar-refractivity contribution in [2.75, 3.05) is 44.7 Å². The highest BCUT2D eigenvalue weighted by molar-refractivity contribution is 14.0. The highest BCUT2D eigenvalue weighted by Gasteiger charge is 2.28. The lowest BCUT2D eigenvalue weighted by molar-refractivity contribution is -0.154. The van der Waals surface area contributed by atoms with Gasteiger partial charge in [0.05, 0.1) is 0 Å². The Hall–Kier alpha value is -1.90. The molecule has 0 saturated carbocycles. The predicted molar refractivity (Wildman–Crippen MR) is 124 cm³/mol. The molecule has 1 N–H and O–H groups in total. The van der Waals surface area contributed by atoms with Crippen LogP contribution in [0.1, 0.15) is 18.3 Å². The molecular formula is C18H25F3IN7OS. The van der Waals surface area contributed by atoms with Gasteiger partial charge in [-0.25, -0.2) is 9.97 Å². The normalized spacial score (nSPS) is 14.9. The quantitative estimate of drug-likeness (QED) is 0.325. The van der Waals surface area contributed by atoms with Gasteiger partial charge in [0.15, 0.2) is 12.6 Å². The summed E-state index contributed by atoms with van der Waals surface area (Å²) in [6.45, 7) is 4.24. The summed E-state index contributed by atoms with van der Waals surface area (Å²) in [7, 11) is 1.71. The third kappa shape index (κ3) is 7.63. The van der Waals surface area contributed by atoms with Crippen LogP contribution in [-0.2, 0) is 13.0 Å². The lowest BCUT2D eigenvalue weighted by atomic mass is 10.2. The van der Waals surface area contributed by atoms with Crippen molar-refractivity contribution < 1.29 is 17.9 Å². The van der Waals surface area contributed by atoms with Crippen LogP contribution >= 0.6 is 35.5 Å². The summed E-state index contributed by atoms with van der Waals surface area (Å²) in [6, 6.07) is 3.21. The van der Waals surface area contributed by atoms with E-state index in [0.717, 1.165) is 55.1 Å². The van der Waals surface area contributed by atoms with E-state index in [4.69, 9.17) is 4.74 Å². The SMILES string of the molecule is CCc1nsc(N2CCN(C(=NC)NCc3ccnc(OCC(F)(F)F)c3)CC2)n1.I. The number of aliphatic imine (C=N–C) groups is 1. The monoisotopic (exact) mass is 571 g/mol. The molecule has 1 aliphatic heterocycles. The third-order valence-corrected chi connectivity index (χ3v) is 5.28. The number of nitrogens with one attached hydrogen (secondary N) is 1. The smallest absolute Gasteiger partial charge is 0.422 e. The van der Waals surface area contributed by atoms with Crippen molar-refractivity contribution in [1.29, 1.82) is 0 Å². The topological polar surface area (TPSA) is 78.8 Å². The molecule has 2 aromatic rings. The highest BCUT2D eigenvalue weighted by atomic mass is 127. The Morgan fingerprint density at radius 3 is 2.65 bits per heavy atom. The minimum Gasteiger partial charge on any atom is -0.468 e.